The van der Waals surface area contributed by atoms with Gasteiger partial charge in [0.1, 0.15) is 0 Å². The van der Waals surface area contributed by atoms with Gasteiger partial charge in [-0.15, -0.1) is 11.8 Å². The number of carbonyl (C=O) groups excluding carboxylic acids is 2. The summed E-state index contributed by atoms with van der Waals surface area (Å²) in [6.07, 6.45) is 3.92. The van der Waals surface area contributed by atoms with E-state index in [1.54, 1.807) is 17.8 Å². The molecule has 0 spiro atoms. The zero-order chi connectivity index (χ0) is 14.4. The summed E-state index contributed by atoms with van der Waals surface area (Å²) in [4.78, 5) is 24.5. The maximum Gasteiger partial charge on any atom is 0.313 e. The lowest BCUT2D eigenvalue weighted by Gasteiger charge is -2.11. The van der Waals surface area contributed by atoms with Crippen LogP contribution in [0.2, 0.25) is 0 Å². The number of thioether (sulfide) groups is 1. The van der Waals surface area contributed by atoms with Crippen molar-refractivity contribution in [1.29, 1.82) is 0 Å². The Labute approximate surface area is 122 Å². The van der Waals surface area contributed by atoms with E-state index >= 15 is 0 Å². The van der Waals surface area contributed by atoms with Crippen LogP contribution in [0.4, 0.5) is 5.69 Å². The first-order chi connectivity index (χ1) is 9.69. The average Bonchev–Trinajstić information content (AvgIpc) is 2.98. The molecule has 0 aromatic heterocycles. The molecule has 2 amide bonds. The largest absolute Gasteiger partial charge is 0.376 e. The normalized spacial score (nSPS) is 17.8. The third-order valence-corrected chi connectivity index (χ3v) is 3.77. The van der Waals surface area contributed by atoms with E-state index in [-0.39, 0.29) is 6.10 Å². The minimum absolute atomic E-state index is 0.0339. The lowest BCUT2D eigenvalue weighted by Crippen LogP contribution is -2.39. The van der Waals surface area contributed by atoms with Crippen LogP contribution in [0.1, 0.15) is 12.8 Å². The summed E-state index contributed by atoms with van der Waals surface area (Å²) in [6.45, 7) is 1.12. The number of rotatable bonds is 4. The summed E-state index contributed by atoms with van der Waals surface area (Å²) in [5, 5.41) is 5.18. The number of hydrogen-bond acceptors (Lipinski definition) is 4. The maximum atomic E-state index is 11.7. The number of carbonyl (C=O) groups is 2. The highest BCUT2D eigenvalue weighted by Crippen LogP contribution is 2.18. The van der Waals surface area contributed by atoms with Crippen LogP contribution >= 0.6 is 11.8 Å². The van der Waals surface area contributed by atoms with Crippen LogP contribution in [0.3, 0.4) is 0 Å². The Morgan fingerprint density at radius 1 is 1.40 bits per heavy atom. The van der Waals surface area contributed by atoms with Crippen molar-refractivity contribution < 1.29 is 14.3 Å². The summed E-state index contributed by atoms with van der Waals surface area (Å²) in [6, 6.07) is 7.37. The summed E-state index contributed by atoms with van der Waals surface area (Å²) in [5.74, 6) is -1.28. The van der Waals surface area contributed by atoms with Gasteiger partial charge in [0.2, 0.25) is 0 Å². The highest BCUT2D eigenvalue weighted by molar-refractivity contribution is 7.98. The average molecular weight is 294 g/mol. The quantitative estimate of drug-likeness (QED) is 0.654. The fraction of sp³-hybridized carbons (Fsp3) is 0.429. The molecule has 5 nitrogen and oxygen atoms in total. The standard InChI is InChI=1S/C14H18N2O3S/c1-20-12-6-2-4-10(8-12)16-14(18)13(17)15-9-11-5-3-7-19-11/h2,4,6,8,11H,3,5,7,9H2,1H3,(H,15,17)(H,16,18)/t11-/m1/s1. The smallest absolute Gasteiger partial charge is 0.313 e. The monoisotopic (exact) mass is 294 g/mol. The second kappa shape index (κ2) is 7.31. The predicted molar refractivity (Wildman–Crippen MR) is 78.8 cm³/mol. The molecule has 0 radical (unpaired) electrons. The van der Waals surface area contributed by atoms with Crippen molar-refractivity contribution in [3.63, 3.8) is 0 Å². The van der Waals surface area contributed by atoms with Crippen molar-refractivity contribution in [2.45, 2.75) is 23.8 Å². The van der Waals surface area contributed by atoms with Crippen LogP contribution in [0.25, 0.3) is 0 Å². The van der Waals surface area contributed by atoms with E-state index in [4.69, 9.17) is 4.74 Å². The summed E-state index contributed by atoms with van der Waals surface area (Å²) in [7, 11) is 0. The molecule has 1 aromatic rings. The molecule has 6 heteroatoms. The molecule has 2 rings (SSSR count). The van der Waals surface area contributed by atoms with Gasteiger partial charge in [0, 0.05) is 23.7 Å². The van der Waals surface area contributed by atoms with Crippen LogP contribution in [0.5, 0.6) is 0 Å². The first-order valence-electron chi connectivity index (χ1n) is 6.54. The van der Waals surface area contributed by atoms with Crippen molar-refractivity contribution in [3.05, 3.63) is 24.3 Å². The number of hydrogen-bond donors (Lipinski definition) is 2. The molecule has 20 heavy (non-hydrogen) atoms. The fourth-order valence-corrected chi connectivity index (χ4v) is 2.44. The Kier molecular flexibility index (Phi) is 5.43. The summed E-state index contributed by atoms with van der Waals surface area (Å²) >= 11 is 1.58. The summed E-state index contributed by atoms with van der Waals surface area (Å²) < 4.78 is 5.38. The predicted octanol–water partition coefficient (Wildman–Crippen LogP) is 1.64. The van der Waals surface area contributed by atoms with Gasteiger partial charge in [-0.25, -0.2) is 0 Å². The topological polar surface area (TPSA) is 67.4 Å². The SMILES string of the molecule is CSc1cccc(NC(=O)C(=O)NC[C@H]2CCCO2)c1. The Morgan fingerprint density at radius 2 is 2.25 bits per heavy atom. The minimum atomic E-state index is -0.652. The van der Waals surface area contributed by atoms with Gasteiger partial charge in [-0.3, -0.25) is 9.59 Å². The lowest BCUT2D eigenvalue weighted by molar-refractivity contribution is -0.136. The first-order valence-corrected chi connectivity index (χ1v) is 7.76. The molecule has 1 aliphatic rings. The van der Waals surface area contributed by atoms with Crippen LogP contribution < -0.4 is 10.6 Å². The fourth-order valence-electron chi connectivity index (χ4n) is 1.98. The van der Waals surface area contributed by atoms with Gasteiger partial charge >= 0.3 is 11.8 Å². The van der Waals surface area contributed by atoms with E-state index in [9.17, 15) is 9.59 Å². The van der Waals surface area contributed by atoms with Crippen molar-refractivity contribution >= 4 is 29.3 Å². The molecule has 2 N–H and O–H groups in total. The first kappa shape index (κ1) is 14.9. The van der Waals surface area contributed by atoms with Gasteiger partial charge in [0.05, 0.1) is 6.10 Å². The molecular formula is C14H18N2O3S. The second-order valence-corrected chi connectivity index (χ2v) is 5.41. The second-order valence-electron chi connectivity index (χ2n) is 4.53. The van der Waals surface area contributed by atoms with Gasteiger partial charge in [-0.1, -0.05) is 6.07 Å². The highest BCUT2D eigenvalue weighted by Gasteiger charge is 2.19. The number of benzene rings is 1. The third-order valence-electron chi connectivity index (χ3n) is 3.05. The van der Waals surface area contributed by atoms with Crippen molar-refractivity contribution in [2.75, 3.05) is 24.7 Å². The van der Waals surface area contributed by atoms with Gasteiger partial charge in [0.25, 0.3) is 0 Å². The van der Waals surface area contributed by atoms with Crippen molar-refractivity contribution in [2.24, 2.45) is 0 Å². The molecule has 0 bridgehead atoms. The number of nitrogens with one attached hydrogen (secondary N) is 2. The van der Waals surface area contributed by atoms with Crippen LogP contribution in [0.15, 0.2) is 29.2 Å². The minimum Gasteiger partial charge on any atom is -0.376 e. The molecule has 0 unspecified atom stereocenters. The summed E-state index contributed by atoms with van der Waals surface area (Å²) in [5.41, 5.74) is 0.620. The van der Waals surface area contributed by atoms with Crippen molar-refractivity contribution in [1.82, 2.24) is 5.32 Å². The lowest BCUT2D eigenvalue weighted by atomic mass is 10.2. The highest BCUT2D eigenvalue weighted by atomic mass is 32.2. The zero-order valence-electron chi connectivity index (χ0n) is 11.3. The molecule has 1 heterocycles. The van der Waals surface area contributed by atoms with Gasteiger partial charge < -0.3 is 15.4 Å². The molecule has 1 aromatic carbocycles. The van der Waals surface area contributed by atoms with Crippen LogP contribution in [0, 0.1) is 0 Å². The number of anilines is 1. The Morgan fingerprint density at radius 3 is 2.95 bits per heavy atom. The zero-order valence-corrected chi connectivity index (χ0v) is 12.2. The van der Waals surface area contributed by atoms with E-state index < -0.39 is 11.8 Å². The number of ether oxygens (including phenoxy) is 1. The molecule has 1 saturated heterocycles. The molecular weight excluding hydrogens is 276 g/mol. The molecule has 1 fully saturated rings. The molecule has 1 atom stereocenters. The maximum absolute atomic E-state index is 11.7. The molecule has 1 aliphatic heterocycles. The Balaban J connectivity index is 1.82. The number of amides is 2. The van der Waals surface area contributed by atoms with Gasteiger partial charge in [-0.05, 0) is 37.3 Å². The van der Waals surface area contributed by atoms with E-state index in [0.717, 1.165) is 24.3 Å². The molecule has 0 aliphatic carbocycles. The third kappa shape index (κ3) is 4.25. The Hall–Kier alpha value is -1.53. The van der Waals surface area contributed by atoms with E-state index in [1.807, 2.05) is 24.5 Å². The molecule has 0 saturated carbocycles. The van der Waals surface area contributed by atoms with Crippen LogP contribution in [-0.2, 0) is 14.3 Å². The van der Waals surface area contributed by atoms with E-state index in [0.29, 0.717) is 12.2 Å². The van der Waals surface area contributed by atoms with Gasteiger partial charge in [-0.2, -0.15) is 0 Å². The van der Waals surface area contributed by atoms with Crippen molar-refractivity contribution in [3.8, 4) is 0 Å². The van der Waals surface area contributed by atoms with E-state index in [1.165, 1.54) is 0 Å². The van der Waals surface area contributed by atoms with Gasteiger partial charge in [0.15, 0.2) is 0 Å². The molecule has 108 valence electrons. The Bertz CT molecular complexity index is 487. The van der Waals surface area contributed by atoms with Crippen LogP contribution in [-0.4, -0.2) is 37.3 Å². The van der Waals surface area contributed by atoms with E-state index in [2.05, 4.69) is 10.6 Å².